The summed E-state index contributed by atoms with van der Waals surface area (Å²) in [5.74, 6) is 2.90. The monoisotopic (exact) mass is 250 g/mol. The van der Waals surface area contributed by atoms with Crippen molar-refractivity contribution in [2.75, 3.05) is 24.6 Å². The van der Waals surface area contributed by atoms with E-state index in [1.807, 2.05) is 11.8 Å². The number of amides is 1. The van der Waals surface area contributed by atoms with Crippen LogP contribution in [0.15, 0.2) is 0 Å². The molecule has 0 spiro atoms. The second-order valence-electron chi connectivity index (χ2n) is 4.08. The second kappa shape index (κ2) is 6.61. The van der Waals surface area contributed by atoms with E-state index < -0.39 is 0 Å². The minimum atomic E-state index is 0. The quantitative estimate of drug-likeness (QED) is 0.769. The third-order valence-corrected chi connectivity index (χ3v) is 4.05. The molecule has 0 bridgehead atoms. The molecule has 2 rings (SSSR count). The summed E-state index contributed by atoms with van der Waals surface area (Å²) in [5.41, 5.74) is 0. The number of hydrogen-bond acceptors (Lipinski definition) is 3. The maximum atomic E-state index is 11.8. The summed E-state index contributed by atoms with van der Waals surface area (Å²) in [6.07, 6.45) is 3.31. The number of carbonyl (C=O) groups is 1. The Kier molecular flexibility index (Phi) is 5.79. The molecule has 1 amide bonds. The summed E-state index contributed by atoms with van der Waals surface area (Å²) >= 11 is 1.99. The molecule has 2 N–H and O–H groups in total. The van der Waals surface area contributed by atoms with Crippen molar-refractivity contribution in [2.24, 2.45) is 5.92 Å². The number of hydrogen-bond donors (Lipinski definition) is 2. The smallest absolute Gasteiger partial charge is 0.224 e. The van der Waals surface area contributed by atoms with Crippen LogP contribution < -0.4 is 10.6 Å². The maximum absolute atomic E-state index is 11.8. The molecule has 2 aliphatic rings. The number of nitrogens with one attached hydrogen (secondary N) is 2. The van der Waals surface area contributed by atoms with Crippen LogP contribution in [0.4, 0.5) is 0 Å². The van der Waals surface area contributed by atoms with E-state index in [2.05, 4.69) is 10.6 Å². The molecule has 0 aromatic rings. The van der Waals surface area contributed by atoms with Gasteiger partial charge in [-0.15, -0.1) is 12.4 Å². The van der Waals surface area contributed by atoms with Gasteiger partial charge >= 0.3 is 0 Å². The van der Waals surface area contributed by atoms with Gasteiger partial charge < -0.3 is 10.6 Å². The third kappa shape index (κ3) is 3.85. The van der Waals surface area contributed by atoms with Crippen molar-refractivity contribution in [1.82, 2.24) is 10.6 Å². The summed E-state index contributed by atoms with van der Waals surface area (Å²) in [4.78, 5) is 11.8. The highest BCUT2D eigenvalue weighted by molar-refractivity contribution is 7.99. The maximum Gasteiger partial charge on any atom is 0.224 e. The molecular formula is C10H19ClN2OS. The number of thioether (sulfide) groups is 1. The summed E-state index contributed by atoms with van der Waals surface area (Å²) in [7, 11) is 0. The van der Waals surface area contributed by atoms with Gasteiger partial charge in [-0.2, -0.15) is 11.8 Å². The van der Waals surface area contributed by atoms with E-state index in [-0.39, 0.29) is 24.2 Å². The Morgan fingerprint density at radius 2 is 2.00 bits per heavy atom. The fourth-order valence-corrected chi connectivity index (χ4v) is 3.15. The minimum absolute atomic E-state index is 0. The Labute approximate surface area is 102 Å². The van der Waals surface area contributed by atoms with E-state index >= 15 is 0 Å². The third-order valence-electron chi connectivity index (χ3n) is 3.00. The molecule has 1 unspecified atom stereocenters. The van der Waals surface area contributed by atoms with E-state index in [0.29, 0.717) is 6.04 Å². The summed E-state index contributed by atoms with van der Waals surface area (Å²) in [5, 5.41) is 6.39. The van der Waals surface area contributed by atoms with Gasteiger partial charge in [-0.3, -0.25) is 4.79 Å². The summed E-state index contributed by atoms with van der Waals surface area (Å²) < 4.78 is 0. The molecule has 0 radical (unpaired) electrons. The van der Waals surface area contributed by atoms with Crippen molar-refractivity contribution >= 4 is 30.1 Å². The fraction of sp³-hybridized carbons (Fsp3) is 0.900. The first-order valence-electron chi connectivity index (χ1n) is 5.45. The standard InChI is InChI=1S/C10H18N2OS.ClH/c13-10(8-1-4-11-7-8)12-9-2-5-14-6-3-9;/h8-9,11H,1-7H2,(H,12,13);1H. The predicted molar refractivity (Wildman–Crippen MR) is 66.7 cm³/mol. The van der Waals surface area contributed by atoms with Gasteiger partial charge in [0.05, 0.1) is 5.92 Å². The van der Waals surface area contributed by atoms with E-state index in [0.717, 1.165) is 32.4 Å². The fourth-order valence-electron chi connectivity index (χ4n) is 2.04. The van der Waals surface area contributed by atoms with Crippen LogP contribution in [0.2, 0.25) is 0 Å². The van der Waals surface area contributed by atoms with E-state index in [4.69, 9.17) is 0 Å². The molecule has 2 fully saturated rings. The number of rotatable bonds is 2. The lowest BCUT2D eigenvalue weighted by Crippen LogP contribution is -2.41. The molecule has 1 atom stereocenters. The van der Waals surface area contributed by atoms with Crippen LogP contribution in [-0.4, -0.2) is 36.5 Å². The topological polar surface area (TPSA) is 41.1 Å². The molecule has 0 saturated carbocycles. The molecule has 0 aromatic heterocycles. The first-order chi connectivity index (χ1) is 6.86. The zero-order valence-electron chi connectivity index (χ0n) is 8.83. The van der Waals surface area contributed by atoms with Crippen LogP contribution in [0.25, 0.3) is 0 Å². The molecule has 0 aliphatic carbocycles. The van der Waals surface area contributed by atoms with Crippen molar-refractivity contribution in [3.8, 4) is 0 Å². The van der Waals surface area contributed by atoms with Gasteiger partial charge in [0.1, 0.15) is 0 Å². The van der Waals surface area contributed by atoms with Crippen molar-refractivity contribution < 1.29 is 4.79 Å². The van der Waals surface area contributed by atoms with Gasteiger partial charge in [0.25, 0.3) is 0 Å². The molecule has 3 nitrogen and oxygen atoms in total. The van der Waals surface area contributed by atoms with Crippen LogP contribution in [0.3, 0.4) is 0 Å². The lowest BCUT2D eigenvalue weighted by molar-refractivity contribution is -0.125. The SMILES string of the molecule is Cl.O=C(NC1CCSCC1)C1CCNC1. The number of carbonyl (C=O) groups excluding carboxylic acids is 1. The summed E-state index contributed by atoms with van der Waals surface area (Å²) in [6.45, 7) is 1.87. The molecule has 2 saturated heterocycles. The highest BCUT2D eigenvalue weighted by Crippen LogP contribution is 2.18. The Morgan fingerprint density at radius 1 is 1.27 bits per heavy atom. The lowest BCUT2D eigenvalue weighted by Gasteiger charge is -2.23. The van der Waals surface area contributed by atoms with Gasteiger partial charge in [0.2, 0.25) is 5.91 Å². The van der Waals surface area contributed by atoms with E-state index in [1.54, 1.807) is 0 Å². The second-order valence-corrected chi connectivity index (χ2v) is 5.31. The molecular weight excluding hydrogens is 232 g/mol. The van der Waals surface area contributed by atoms with Crippen molar-refractivity contribution in [3.05, 3.63) is 0 Å². The van der Waals surface area contributed by atoms with Crippen LogP contribution in [-0.2, 0) is 4.79 Å². The zero-order valence-corrected chi connectivity index (χ0v) is 10.5. The van der Waals surface area contributed by atoms with Crippen molar-refractivity contribution in [2.45, 2.75) is 25.3 Å². The summed E-state index contributed by atoms with van der Waals surface area (Å²) in [6, 6.07) is 0.448. The zero-order chi connectivity index (χ0) is 9.80. The Balaban J connectivity index is 0.00000112. The first-order valence-corrected chi connectivity index (χ1v) is 6.60. The minimum Gasteiger partial charge on any atom is -0.353 e. The van der Waals surface area contributed by atoms with Crippen molar-refractivity contribution in [3.63, 3.8) is 0 Å². The molecule has 2 aliphatic heterocycles. The average Bonchev–Trinajstić information content (AvgIpc) is 2.72. The predicted octanol–water partition coefficient (Wildman–Crippen LogP) is 1.03. The highest BCUT2D eigenvalue weighted by Gasteiger charge is 2.24. The Hall–Kier alpha value is 0.0700. The normalized spacial score (nSPS) is 27.1. The average molecular weight is 251 g/mol. The molecule has 5 heteroatoms. The largest absolute Gasteiger partial charge is 0.353 e. The van der Waals surface area contributed by atoms with Crippen molar-refractivity contribution in [1.29, 1.82) is 0 Å². The van der Waals surface area contributed by atoms with Crippen LogP contribution >= 0.6 is 24.2 Å². The van der Waals surface area contributed by atoms with Gasteiger partial charge in [0, 0.05) is 12.6 Å². The molecule has 15 heavy (non-hydrogen) atoms. The molecule has 88 valence electrons. The Bertz CT molecular complexity index is 204. The van der Waals surface area contributed by atoms with Gasteiger partial charge in [-0.25, -0.2) is 0 Å². The van der Waals surface area contributed by atoms with E-state index in [9.17, 15) is 4.79 Å². The lowest BCUT2D eigenvalue weighted by atomic mass is 10.1. The van der Waals surface area contributed by atoms with Crippen LogP contribution in [0, 0.1) is 5.92 Å². The van der Waals surface area contributed by atoms with E-state index in [1.165, 1.54) is 11.5 Å². The van der Waals surface area contributed by atoms with Crippen LogP contribution in [0.5, 0.6) is 0 Å². The highest BCUT2D eigenvalue weighted by atomic mass is 35.5. The number of halogens is 1. The first kappa shape index (κ1) is 13.1. The van der Waals surface area contributed by atoms with Gasteiger partial charge in [0.15, 0.2) is 0 Å². The molecule has 2 heterocycles. The Morgan fingerprint density at radius 3 is 2.60 bits per heavy atom. The molecule has 0 aromatic carbocycles. The van der Waals surface area contributed by atoms with Gasteiger partial charge in [-0.05, 0) is 37.3 Å². The van der Waals surface area contributed by atoms with Gasteiger partial charge in [-0.1, -0.05) is 0 Å². The van der Waals surface area contributed by atoms with Crippen LogP contribution in [0.1, 0.15) is 19.3 Å².